The molecule has 0 heterocycles. The lowest BCUT2D eigenvalue weighted by Crippen LogP contribution is -2.60. The molecule has 3 amide bonds. The third-order valence-electron chi connectivity index (χ3n) is 7.77. The second kappa shape index (κ2) is 17.2. The molecule has 0 bridgehead atoms. The summed E-state index contributed by atoms with van der Waals surface area (Å²) in [4.78, 5) is 53.2. The van der Waals surface area contributed by atoms with E-state index in [1.807, 2.05) is 18.2 Å². The van der Waals surface area contributed by atoms with E-state index in [9.17, 15) is 24.3 Å². The normalized spacial score (nSPS) is 15.4. The van der Waals surface area contributed by atoms with Crippen LogP contribution in [-0.4, -0.2) is 66.4 Å². The van der Waals surface area contributed by atoms with Gasteiger partial charge >= 0.3 is 12.1 Å². The van der Waals surface area contributed by atoms with E-state index < -0.39 is 36.2 Å². The molecule has 2 aromatic rings. The van der Waals surface area contributed by atoms with Crippen molar-refractivity contribution in [2.75, 3.05) is 20.7 Å². The first-order valence-corrected chi connectivity index (χ1v) is 15.5. The van der Waals surface area contributed by atoms with Gasteiger partial charge in [0.2, 0.25) is 17.5 Å². The Morgan fingerprint density at radius 2 is 1.66 bits per heavy atom. The number of ether oxygens (including phenoxy) is 2. The highest BCUT2D eigenvalue weighted by atomic mass is 35.5. The first-order chi connectivity index (χ1) is 21.0. The third kappa shape index (κ3) is 11.3. The molecule has 12 heteroatoms. The largest absolute Gasteiger partial charge is 0.465 e. The van der Waals surface area contributed by atoms with Gasteiger partial charge in [0, 0.05) is 36.5 Å². The molecule has 3 rings (SSSR count). The molecule has 2 aromatic carbocycles. The van der Waals surface area contributed by atoms with Crippen LogP contribution in [0.4, 0.5) is 4.79 Å². The summed E-state index contributed by atoms with van der Waals surface area (Å²) in [6, 6.07) is 13.0. The Bertz CT molecular complexity index is 1290. The third-order valence-corrected chi connectivity index (χ3v) is 8.24. The second-order valence-electron chi connectivity index (χ2n) is 11.2. The van der Waals surface area contributed by atoms with Crippen molar-refractivity contribution in [1.82, 2.24) is 15.5 Å². The van der Waals surface area contributed by atoms with Crippen molar-refractivity contribution in [3.8, 4) is 0 Å². The van der Waals surface area contributed by atoms with Gasteiger partial charge in [-0.1, -0.05) is 79.6 Å². The molecule has 0 aromatic heterocycles. The summed E-state index contributed by atoms with van der Waals surface area (Å²) >= 11 is 12.0. The van der Waals surface area contributed by atoms with Crippen LogP contribution in [0.15, 0.2) is 48.5 Å². The maximum atomic E-state index is 13.5. The Balaban J connectivity index is 1.64. The van der Waals surface area contributed by atoms with Gasteiger partial charge in [0.25, 0.3) is 0 Å². The van der Waals surface area contributed by atoms with Crippen molar-refractivity contribution in [3.05, 3.63) is 69.7 Å². The number of halogens is 2. The molecule has 0 radical (unpaired) electrons. The number of hydrogen-bond acceptors (Lipinski definition) is 7. The van der Waals surface area contributed by atoms with E-state index in [0.717, 1.165) is 44.8 Å². The van der Waals surface area contributed by atoms with Gasteiger partial charge in [0.05, 0.1) is 7.11 Å². The summed E-state index contributed by atoms with van der Waals surface area (Å²) in [6.07, 6.45) is 4.24. The number of esters is 1. The van der Waals surface area contributed by atoms with Crippen molar-refractivity contribution < 1.29 is 33.8 Å². The molecule has 1 aliphatic rings. The summed E-state index contributed by atoms with van der Waals surface area (Å²) in [5.74, 6) is -2.09. The molecule has 0 aliphatic heterocycles. The van der Waals surface area contributed by atoms with Gasteiger partial charge in [0.15, 0.2) is 0 Å². The number of rotatable bonds is 14. The molecule has 3 N–H and O–H groups in total. The lowest BCUT2D eigenvalue weighted by atomic mass is 9.84. The van der Waals surface area contributed by atoms with Gasteiger partial charge in [-0.15, -0.1) is 0 Å². The number of carbonyl (C=O) groups is 4. The zero-order valence-electron chi connectivity index (χ0n) is 25.2. The van der Waals surface area contributed by atoms with E-state index in [1.54, 1.807) is 37.4 Å². The van der Waals surface area contributed by atoms with Gasteiger partial charge in [0.1, 0.15) is 12.6 Å². The first kappa shape index (κ1) is 35.1. The molecule has 2 atom stereocenters. The van der Waals surface area contributed by atoms with Crippen LogP contribution < -0.4 is 10.6 Å². The fourth-order valence-electron chi connectivity index (χ4n) is 5.22. The van der Waals surface area contributed by atoms with Gasteiger partial charge in [-0.05, 0) is 54.2 Å². The Labute approximate surface area is 268 Å². The highest BCUT2D eigenvalue weighted by molar-refractivity contribution is 6.30. The van der Waals surface area contributed by atoms with Crippen LogP contribution in [0.1, 0.15) is 62.5 Å². The number of alkyl carbamates (subject to hydrolysis) is 1. The van der Waals surface area contributed by atoms with Crippen LogP contribution in [0, 0.1) is 5.92 Å². The van der Waals surface area contributed by atoms with E-state index >= 15 is 0 Å². The average molecular weight is 651 g/mol. The summed E-state index contributed by atoms with van der Waals surface area (Å²) in [7, 11) is 2.69. The molecule has 0 spiro atoms. The van der Waals surface area contributed by atoms with Crippen molar-refractivity contribution in [3.63, 3.8) is 0 Å². The topological polar surface area (TPSA) is 134 Å². The van der Waals surface area contributed by atoms with E-state index in [4.69, 9.17) is 32.7 Å². The minimum Gasteiger partial charge on any atom is -0.465 e. The number of likely N-dealkylation sites (N-methyl/N-ethyl adjacent to an activating group) is 1. The number of nitrogens with zero attached hydrogens (tertiary/aromatic N) is 1. The van der Waals surface area contributed by atoms with E-state index in [-0.39, 0.29) is 24.9 Å². The predicted molar refractivity (Wildman–Crippen MR) is 167 cm³/mol. The average Bonchev–Trinajstić information content (AvgIpc) is 3.01. The minimum atomic E-state index is -2.49. The maximum absolute atomic E-state index is 13.5. The van der Waals surface area contributed by atoms with Crippen LogP contribution >= 0.6 is 23.2 Å². The van der Waals surface area contributed by atoms with Crippen molar-refractivity contribution >= 4 is 47.1 Å². The smallest absolute Gasteiger partial charge is 0.408 e. The van der Waals surface area contributed by atoms with E-state index in [2.05, 4.69) is 10.6 Å². The summed E-state index contributed by atoms with van der Waals surface area (Å²) in [5, 5.41) is 17.3. The highest BCUT2D eigenvalue weighted by Gasteiger charge is 2.41. The summed E-state index contributed by atoms with van der Waals surface area (Å²) in [5.41, 5.74) is -0.867. The summed E-state index contributed by atoms with van der Waals surface area (Å²) in [6.45, 7) is 0.316. The first-order valence-electron chi connectivity index (χ1n) is 14.8. The zero-order valence-corrected chi connectivity index (χ0v) is 26.7. The van der Waals surface area contributed by atoms with Gasteiger partial charge in [-0.2, -0.15) is 0 Å². The minimum absolute atomic E-state index is 0.0663. The molecule has 1 fully saturated rings. The fourth-order valence-corrected chi connectivity index (χ4v) is 5.64. The Morgan fingerprint density at radius 3 is 2.30 bits per heavy atom. The second-order valence-corrected chi connectivity index (χ2v) is 12.1. The number of nitrogens with one attached hydrogen (secondary N) is 2. The van der Waals surface area contributed by atoms with Gasteiger partial charge < -0.3 is 30.1 Å². The SMILES string of the molecule is COC(=O)C(O)(CCC(=O)N(C)CCc1cccc(Cl)c1)NC(=O)[C@H](CC1CCCCC1)NC(=O)OCc1cccc(Cl)c1. The van der Waals surface area contributed by atoms with Crippen molar-refractivity contribution in [1.29, 1.82) is 0 Å². The highest BCUT2D eigenvalue weighted by Crippen LogP contribution is 2.28. The molecule has 1 saturated carbocycles. The maximum Gasteiger partial charge on any atom is 0.408 e. The predicted octanol–water partition coefficient (Wildman–Crippen LogP) is 5.02. The standard InChI is InChI=1S/C32H41Cl2N3O7/c1-37(17-15-23-10-6-12-25(33)18-23)28(38)14-16-32(42,30(40)43-2)36-29(39)27(20-22-8-4-3-5-9-22)35-31(41)44-21-24-11-7-13-26(34)19-24/h6-7,10-13,18-19,22,27,42H,3-5,8-9,14-17,20-21H2,1-2H3,(H,35,41)(H,36,39)/t27-,32?/m0/s1. The van der Waals surface area contributed by atoms with Crippen molar-refractivity contribution in [2.24, 2.45) is 5.92 Å². The lowest BCUT2D eigenvalue weighted by Gasteiger charge is -2.31. The van der Waals surface area contributed by atoms with E-state index in [0.29, 0.717) is 35.0 Å². The van der Waals surface area contributed by atoms with Crippen LogP contribution in [0.25, 0.3) is 0 Å². The van der Waals surface area contributed by atoms with Crippen LogP contribution in [0.5, 0.6) is 0 Å². The molecule has 0 saturated heterocycles. The van der Waals surface area contributed by atoms with Crippen LogP contribution in [-0.2, 0) is 36.9 Å². The van der Waals surface area contributed by atoms with Gasteiger partial charge in [-0.3, -0.25) is 9.59 Å². The summed E-state index contributed by atoms with van der Waals surface area (Å²) < 4.78 is 10.1. The van der Waals surface area contributed by atoms with E-state index in [1.165, 1.54) is 4.90 Å². The molecule has 240 valence electrons. The number of aliphatic hydroxyl groups is 1. The number of amides is 3. The molecule has 10 nitrogen and oxygen atoms in total. The molecule has 44 heavy (non-hydrogen) atoms. The molecular formula is C32H41Cl2N3O7. The van der Waals surface area contributed by atoms with Crippen LogP contribution in [0.2, 0.25) is 10.0 Å². The number of carbonyl (C=O) groups excluding carboxylic acids is 4. The Hall–Kier alpha value is -3.34. The molecular weight excluding hydrogens is 609 g/mol. The fraction of sp³-hybridized carbons (Fsp3) is 0.500. The Kier molecular flexibility index (Phi) is 13.8. The Morgan fingerprint density at radius 1 is 1.02 bits per heavy atom. The van der Waals surface area contributed by atoms with Crippen molar-refractivity contribution in [2.45, 2.75) is 76.2 Å². The molecule has 1 aliphatic carbocycles. The monoisotopic (exact) mass is 649 g/mol. The number of methoxy groups -OCH3 is 1. The number of benzene rings is 2. The lowest BCUT2D eigenvalue weighted by molar-refractivity contribution is -0.171. The zero-order chi connectivity index (χ0) is 32.1. The van der Waals surface area contributed by atoms with Gasteiger partial charge in [-0.25, -0.2) is 9.59 Å². The quantitative estimate of drug-likeness (QED) is 0.193. The molecule has 1 unspecified atom stereocenters. The van der Waals surface area contributed by atoms with Crippen LogP contribution in [0.3, 0.4) is 0 Å². The number of hydrogen-bond donors (Lipinski definition) is 3.